The molecular weight excluding hydrogens is 232 g/mol. The van der Waals surface area contributed by atoms with E-state index in [1.54, 1.807) is 0 Å². The van der Waals surface area contributed by atoms with Gasteiger partial charge in [0.25, 0.3) is 0 Å². The van der Waals surface area contributed by atoms with E-state index >= 15 is 0 Å². The third kappa shape index (κ3) is 3.48. The fourth-order valence-electron chi connectivity index (χ4n) is 2.40. The van der Waals surface area contributed by atoms with E-state index in [4.69, 9.17) is 0 Å². The fourth-order valence-corrected chi connectivity index (χ4v) is 2.40. The van der Waals surface area contributed by atoms with Gasteiger partial charge in [-0.25, -0.2) is 0 Å². The van der Waals surface area contributed by atoms with Crippen LogP contribution in [0.4, 0.5) is 0 Å². The molecule has 2 nitrogen and oxygen atoms in total. The molecule has 19 heavy (non-hydrogen) atoms. The van der Waals surface area contributed by atoms with Crippen LogP contribution in [0.15, 0.2) is 42.6 Å². The van der Waals surface area contributed by atoms with Gasteiger partial charge >= 0.3 is 0 Å². The van der Waals surface area contributed by atoms with E-state index in [1.165, 1.54) is 22.0 Å². The van der Waals surface area contributed by atoms with Crippen molar-refractivity contribution in [1.82, 2.24) is 9.88 Å². The second-order valence-electron chi connectivity index (χ2n) is 5.78. The first-order valence-corrected chi connectivity index (χ1v) is 6.99. The number of nitrogens with zero attached hydrogens (tertiary/aromatic N) is 1. The summed E-state index contributed by atoms with van der Waals surface area (Å²) >= 11 is 0. The predicted molar refractivity (Wildman–Crippen MR) is 83.3 cm³/mol. The second-order valence-corrected chi connectivity index (χ2v) is 5.78. The predicted octanol–water partition coefficient (Wildman–Crippen LogP) is 3.96. The van der Waals surface area contributed by atoms with Crippen LogP contribution in [0.2, 0.25) is 0 Å². The Hall–Kier alpha value is -1.54. The van der Waals surface area contributed by atoms with Crippen LogP contribution in [0, 0.1) is 5.92 Å². The van der Waals surface area contributed by atoms with Gasteiger partial charge < -0.3 is 9.88 Å². The molecular formula is C17H24N2. The lowest BCUT2D eigenvalue weighted by molar-refractivity contribution is 0.552. The van der Waals surface area contributed by atoms with Crippen molar-refractivity contribution in [2.75, 3.05) is 6.54 Å². The number of fused-ring (bicyclic) bond motifs is 1. The summed E-state index contributed by atoms with van der Waals surface area (Å²) in [7, 11) is 0. The smallest absolute Gasteiger partial charge is 0.0528 e. The van der Waals surface area contributed by atoms with Crippen LogP contribution < -0.4 is 5.32 Å². The summed E-state index contributed by atoms with van der Waals surface area (Å²) in [5.74, 6) is 0.682. The second kappa shape index (κ2) is 6.07. The number of hydrogen-bond donors (Lipinski definition) is 1. The van der Waals surface area contributed by atoms with Crippen molar-refractivity contribution in [3.05, 3.63) is 48.2 Å². The molecule has 0 spiro atoms. The van der Waals surface area contributed by atoms with Gasteiger partial charge in [0, 0.05) is 19.3 Å². The van der Waals surface area contributed by atoms with Crippen LogP contribution in [-0.4, -0.2) is 11.1 Å². The van der Waals surface area contributed by atoms with E-state index in [9.17, 15) is 0 Å². The molecule has 2 heteroatoms. The van der Waals surface area contributed by atoms with Gasteiger partial charge in [0.05, 0.1) is 5.52 Å². The molecule has 0 saturated carbocycles. The molecule has 0 radical (unpaired) electrons. The molecule has 0 saturated heterocycles. The average molecular weight is 256 g/mol. The highest BCUT2D eigenvalue weighted by Gasteiger charge is 2.06. The maximum Gasteiger partial charge on any atom is 0.0528 e. The van der Waals surface area contributed by atoms with E-state index in [1.807, 2.05) is 0 Å². The topological polar surface area (TPSA) is 17.0 Å². The summed E-state index contributed by atoms with van der Waals surface area (Å²) < 4.78 is 2.30. The normalized spacial score (nSPS) is 11.4. The van der Waals surface area contributed by atoms with Gasteiger partial charge in [-0.1, -0.05) is 44.2 Å². The summed E-state index contributed by atoms with van der Waals surface area (Å²) in [6, 6.07) is 8.71. The molecule has 0 aliphatic carbocycles. The van der Waals surface area contributed by atoms with Crippen LogP contribution in [0.5, 0.6) is 0 Å². The Kier molecular flexibility index (Phi) is 4.43. The maximum absolute atomic E-state index is 4.02. The molecule has 0 unspecified atom stereocenters. The van der Waals surface area contributed by atoms with Crippen LogP contribution >= 0.6 is 0 Å². The number of hydrogen-bond acceptors (Lipinski definition) is 1. The van der Waals surface area contributed by atoms with E-state index < -0.39 is 0 Å². The quantitative estimate of drug-likeness (QED) is 0.774. The Morgan fingerprint density at radius 3 is 2.79 bits per heavy atom. The largest absolute Gasteiger partial charge is 0.343 e. The Labute approximate surface area is 116 Å². The highest BCUT2D eigenvalue weighted by atomic mass is 15.0. The highest BCUT2D eigenvalue weighted by molar-refractivity contribution is 5.83. The zero-order valence-electron chi connectivity index (χ0n) is 12.2. The Balaban J connectivity index is 2.26. The van der Waals surface area contributed by atoms with E-state index in [-0.39, 0.29) is 0 Å². The molecule has 0 aliphatic rings. The standard InChI is InChI=1S/C17H24N2/c1-13(2)10-18-11-16-7-5-6-15-8-9-19(17(15)16)12-14(3)4/h5-9,13,18H,3,10-12H2,1-2,4H3. The van der Waals surface area contributed by atoms with Crippen molar-refractivity contribution in [1.29, 1.82) is 0 Å². The van der Waals surface area contributed by atoms with Gasteiger partial charge in [-0.05, 0) is 36.4 Å². The van der Waals surface area contributed by atoms with Gasteiger partial charge in [0.15, 0.2) is 0 Å². The number of allylic oxidation sites excluding steroid dienone is 1. The molecule has 0 fully saturated rings. The molecule has 1 aromatic heterocycles. The number of benzene rings is 1. The lowest BCUT2D eigenvalue weighted by Gasteiger charge is -2.12. The minimum Gasteiger partial charge on any atom is -0.343 e. The van der Waals surface area contributed by atoms with Gasteiger partial charge in [0.1, 0.15) is 0 Å². The number of para-hydroxylation sites is 1. The first kappa shape index (κ1) is 13.9. The summed E-state index contributed by atoms with van der Waals surface area (Å²) in [6.07, 6.45) is 2.16. The minimum atomic E-state index is 0.682. The lowest BCUT2D eigenvalue weighted by atomic mass is 10.1. The van der Waals surface area contributed by atoms with Crippen LogP contribution in [0.3, 0.4) is 0 Å². The maximum atomic E-state index is 4.02. The zero-order chi connectivity index (χ0) is 13.8. The monoisotopic (exact) mass is 256 g/mol. The molecule has 0 bridgehead atoms. The van der Waals surface area contributed by atoms with E-state index in [0.717, 1.165) is 19.6 Å². The molecule has 1 N–H and O–H groups in total. The Morgan fingerprint density at radius 2 is 2.11 bits per heavy atom. The minimum absolute atomic E-state index is 0.682. The molecule has 2 rings (SSSR count). The van der Waals surface area contributed by atoms with Crippen LogP contribution in [0.25, 0.3) is 10.9 Å². The van der Waals surface area contributed by atoms with Gasteiger partial charge in [0.2, 0.25) is 0 Å². The van der Waals surface area contributed by atoms with Crippen molar-refractivity contribution in [2.24, 2.45) is 5.92 Å². The summed E-state index contributed by atoms with van der Waals surface area (Å²) in [5.41, 5.74) is 3.88. The first-order valence-electron chi connectivity index (χ1n) is 6.99. The fraction of sp³-hybridized carbons (Fsp3) is 0.412. The van der Waals surface area contributed by atoms with Crippen molar-refractivity contribution < 1.29 is 0 Å². The first-order chi connectivity index (χ1) is 9.08. The molecule has 0 atom stereocenters. The van der Waals surface area contributed by atoms with E-state index in [2.05, 4.69) is 67.7 Å². The van der Waals surface area contributed by atoms with Gasteiger partial charge in [-0.3, -0.25) is 0 Å². The number of nitrogens with one attached hydrogen (secondary N) is 1. The SMILES string of the molecule is C=C(C)Cn1ccc2cccc(CNCC(C)C)c21. The van der Waals surface area contributed by atoms with Crippen molar-refractivity contribution in [3.63, 3.8) is 0 Å². The Morgan fingerprint density at radius 1 is 1.32 bits per heavy atom. The lowest BCUT2D eigenvalue weighted by Crippen LogP contribution is -2.19. The number of aromatic nitrogens is 1. The average Bonchev–Trinajstić information content (AvgIpc) is 2.72. The van der Waals surface area contributed by atoms with Gasteiger partial charge in [-0.2, -0.15) is 0 Å². The molecule has 1 heterocycles. The molecule has 1 aromatic carbocycles. The molecule has 0 aliphatic heterocycles. The van der Waals surface area contributed by atoms with Gasteiger partial charge in [-0.15, -0.1) is 0 Å². The van der Waals surface area contributed by atoms with Crippen molar-refractivity contribution in [3.8, 4) is 0 Å². The van der Waals surface area contributed by atoms with Crippen LogP contribution in [-0.2, 0) is 13.1 Å². The van der Waals surface area contributed by atoms with E-state index in [0.29, 0.717) is 5.92 Å². The zero-order valence-corrected chi connectivity index (χ0v) is 12.2. The van der Waals surface area contributed by atoms with Crippen molar-refractivity contribution in [2.45, 2.75) is 33.9 Å². The third-order valence-electron chi connectivity index (χ3n) is 3.18. The summed E-state index contributed by atoms with van der Waals surface area (Å²) in [5, 5.41) is 4.84. The Bertz CT molecular complexity index is 564. The molecule has 0 amide bonds. The number of rotatable bonds is 6. The third-order valence-corrected chi connectivity index (χ3v) is 3.18. The molecule has 2 aromatic rings. The van der Waals surface area contributed by atoms with Crippen LogP contribution in [0.1, 0.15) is 26.3 Å². The summed E-state index contributed by atoms with van der Waals surface area (Å²) in [6.45, 7) is 13.4. The highest BCUT2D eigenvalue weighted by Crippen LogP contribution is 2.21. The van der Waals surface area contributed by atoms with Crippen molar-refractivity contribution >= 4 is 10.9 Å². The summed E-state index contributed by atoms with van der Waals surface area (Å²) in [4.78, 5) is 0. The molecule has 102 valence electrons.